The SMILES string of the molecule is Cc1ccc(OCCNC(=O)c2cccc(OCc3cscn3)c2)cc1. The monoisotopic (exact) mass is 368 g/mol. The van der Waals surface area contributed by atoms with E-state index in [1.807, 2.05) is 42.6 Å². The number of benzene rings is 2. The maximum absolute atomic E-state index is 12.3. The molecule has 0 atom stereocenters. The lowest BCUT2D eigenvalue weighted by molar-refractivity contribution is 0.0946. The number of aromatic nitrogens is 1. The summed E-state index contributed by atoms with van der Waals surface area (Å²) in [7, 11) is 0. The fraction of sp³-hybridized carbons (Fsp3) is 0.200. The number of nitrogens with zero attached hydrogens (tertiary/aromatic N) is 1. The van der Waals surface area contributed by atoms with Crippen LogP contribution in [0, 0.1) is 6.92 Å². The molecule has 3 aromatic rings. The molecule has 0 saturated heterocycles. The molecule has 2 aromatic carbocycles. The van der Waals surface area contributed by atoms with E-state index in [1.54, 1.807) is 23.7 Å². The lowest BCUT2D eigenvalue weighted by atomic mass is 10.2. The van der Waals surface area contributed by atoms with Gasteiger partial charge in [0, 0.05) is 10.9 Å². The van der Waals surface area contributed by atoms with Gasteiger partial charge < -0.3 is 14.8 Å². The van der Waals surface area contributed by atoms with Crippen molar-refractivity contribution >= 4 is 17.2 Å². The van der Waals surface area contributed by atoms with Crippen LogP contribution in [-0.2, 0) is 6.61 Å². The second kappa shape index (κ2) is 9.01. The van der Waals surface area contributed by atoms with E-state index in [9.17, 15) is 4.79 Å². The predicted molar refractivity (Wildman–Crippen MR) is 102 cm³/mol. The van der Waals surface area contributed by atoms with Gasteiger partial charge in [-0.05, 0) is 37.3 Å². The highest BCUT2D eigenvalue weighted by Gasteiger charge is 2.07. The lowest BCUT2D eigenvalue weighted by Crippen LogP contribution is -2.28. The van der Waals surface area contributed by atoms with Gasteiger partial charge in [0.1, 0.15) is 24.7 Å². The maximum atomic E-state index is 12.3. The Morgan fingerprint density at radius 3 is 2.73 bits per heavy atom. The molecular formula is C20H20N2O3S. The van der Waals surface area contributed by atoms with E-state index in [0.29, 0.717) is 31.1 Å². The minimum Gasteiger partial charge on any atom is -0.492 e. The van der Waals surface area contributed by atoms with Crippen LogP contribution in [0.15, 0.2) is 59.4 Å². The Hall–Kier alpha value is -2.86. The summed E-state index contributed by atoms with van der Waals surface area (Å²) in [4.78, 5) is 16.4. The van der Waals surface area contributed by atoms with E-state index in [4.69, 9.17) is 9.47 Å². The molecule has 1 aromatic heterocycles. The van der Waals surface area contributed by atoms with Gasteiger partial charge >= 0.3 is 0 Å². The number of carbonyl (C=O) groups is 1. The van der Waals surface area contributed by atoms with Gasteiger partial charge in [-0.15, -0.1) is 11.3 Å². The summed E-state index contributed by atoms with van der Waals surface area (Å²) in [5.74, 6) is 1.28. The zero-order valence-corrected chi connectivity index (χ0v) is 15.3. The number of aryl methyl sites for hydroxylation is 1. The fourth-order valence-electron chi connectivity index (χ4n) is 2.26. The third-order valence-electron chi connectivity index (χ3n) is 3.64. The highest BCUT2D eigenvalue weighted by Crippen LogP contribution is 2.15. The molecule has 3 rings (SSSR count). The molecule has 1 heterocycles. The summed E-state index contributed by atoms with van der Waals surface area (Å²) in [5, 5.41) is 4.78. The molecule has 0 bridgehead atoms. The Kier molecular flexibility index (Phi) is 6.22. The zero-order chi connectivity index (χ0) is 18.2. The van der Waals surface area contributed by atoms with Crippen molar-refractivity contribution < 1.29 is 14.3 Å². The van der Waals surface area contributed by atoms with Crippen LogP contribution in [0.2, 0.25) is 0 Å². The molecule has 5 nitrogen and oxygen atoms in total. The van der Waals surface area contributed by atoms with Gasteiger partial charge in [-0.1, -0.05) is 23.8 Å². The second-order valence-electron chi connectivity index (χ2n) is 5.71. The smallest absolute Gasteiger partial charge is 0.251 e. The lowest BCUT2D eigenvalue weighted by Gasteiger charge is -2.09. The summed E-state index contributed by atoms with van der Waals surface area (Å²) in [5.41, 5.74) is 4.37. The third-order valence-corrected chi connectivity index (χ3v) is 4.28. The number of rotatable bonds is 8. The van der Waals surface area contributed by atoms with Crippen LogP contribution in [-0.4, -0.2) is 24.0 Å². The molecule has 1 N–H and O–H groups in total. The zero-order valence-electron chi connectivity index (χ0n) is 14.5. The van der Waals surface area contributed by atoms with Crippen molar-refractivity contribution in [3.8, 4) is 11.5 Å². The third kappa shape index (κ3) is 5.32. The summed E-state index contributed by atoms with van der Waals surface area (Å²) >= 11 is 1.53. The quantitative estimate of drug-likeness (QED) is 0.614. The average Bonchev–Trinajstić information content (AvgIpc) is 3.19. The van der Waals surface area contributed by atoms with Crippen molar-refractivity contribution in [2.45, 2.75) is 13.5 Å². The van der Waals surface area contributed by atoms with Crippen LogP contribution in [0.25, 0.3) is 0 Å². The van der Waals surface area contributed by atoms with Crippen molar-refractivity contribution in [3.05, 3.63) is 76.2 Å². The normalized spacial score (nSPS) is 10.3. The number of hydrogen-bond donors (Lipinski definition) is 1. The Morgan fingerprint density at radius 1 is 1.12 bits per heavy atom. The Bertz CT molecular complexity index is 833. The first kappa shape index (κ1) is 17.9. The van der Waals surface area contributed by atoms with E-state index in [-0.39, 0.29) is 5.91 Å². The van der Waals surface area contributed by atoms with Gasteiger partial charge in [-0.2, -0.15) is 0 Å². The first-order valence-corrected chi connectivity index (χ1v) is 9.22. The van der Waals surface area contributed by atoms with Crippen LogP contribution in [0.5, 0.6) is 11.5 Å². The molecule has 0 spiro atoms. The molecule has 0 unspecified atom stereocenters. The topological polar surface area (TPSA) is 60.5 Å². The van der Waals surface area contributed by atoms with E-state index >= 15 is 0 Å². The molecule has 1 amide bonds. The van der Waals surface area contributed by atoms with Crippen molar-refractivity contribution in [2.75, 3.05) is 13.2 Å². The number of ether oxygens (including phenoxy) is 2. The van der Waals surface area contributed by atoms with Crippen molar-refractivity contribution in [1.82, 2.24) is 10.3 Å². The molecular weight excluding hydrogens is 348 g/mol. The summed E-state index contributed by atoms with van der Waals surface area (Å²) in [6.07, 6.45) is 0. The van der Waals surface area contributed by atoms with Crippen LogP contribution in [0.3, 0.4) is 0 Å². The van der Waals surface area contributed by atoms with Gasteiger partial charge in [0.25, 0.3) is 5.91 Å². The molecule has 0 aliphatic rings. The van der Waals surface area contributed by atoms with Crippen LogP contribution in [0.1, 0.15) is 21.6 Å². The highest BCUT2D eigenvalue weighted by atomic mass is 32.1. The minimum atomic E-state index is -0.156. The summed E-state index contributed by atoms with van der Waals surface area (Å²) in [6.45, 7) is 3.25. The molecule has 6 heteroatoms. The molecule has 26 heavy (non-hydrogen) atoms. The number of amides is 1. The van der Waals surface area contributed by atoms with E-state index in [2.05, 4.69) is 10.3 Å². The van der Waals surface area contributed by atoms with Crippen molar-refractivity contribution in [2.24, 2.45) is 0 Å². The van der Waals surface area contributed by atoms with Crippen molar-refractivity contribution in [3.63, 3.8) is 0 Å². The van der Waals surface area contributed by atoms with E-state index < -0.39 is 0 Å². The Labute approximate surface area is 156 Å². The standard InChI is InChI=1S/C20H20N2O3S/c1-15-5-7-18(8-6-15)24-10-9-21-20(23)16-3-2-4-19(11-16)25-12-17-13-26-14-22-17/h2-8,11,13-14H,9-10,12H2,1H3,(H,21,23). The number of hydrogen-bond acceptors (Lipinski definition) is 5. The van der Waals surface area contributed by atoms with Gasteiger partial charge in [0.15, 0.2) is 0 Å². The van der Waals surface area contributed by atoms with Gasteiger partial charge in [-0.3, -0.25) is 4.79 Å². The van der Waals surface area contributed by atoms with E-state index in [1.165, 1.54) is 16.9 Å². The molecule has 0 saturated carbocycles. The van der Waals surface area contributed by atoms with Crippen LogP contribution < -0.4 is 14.8 Å². The van der Waals surface area contributed by atoms with Crippen LogP contribution >= 0.6 is 11.3 Å². The van der Waals surface area contributed by atoms with Gasteiger partial charge in [-0.25, -0.2) is 4.98 Å². The molecule has 0 radical (unpaired) electrons. The first-order chi connectivity index (χ1) is 12.7. The predicted octanol–water partition coefficient (Wildman–Crippen LogP) is 3.84. The fourth-order valence-corrected chi connectivity index (χ4v) is 2.81. The maximum Gasteiger partial charge on any atom is 0.251 e. The molecule has 0 aliphatic heterocycles. The minimum absolute atomic E-state index is 0.156. The Morgan fingerprint density at radius 2 is 1.96 bits per heavy atom. The highest BCUT2D eigenvalue weighted by molar-refractivity contribution is 7.07. The van der Waals surface area contributed by atoms with Crippen molar-refractivity contribution in [1.29, 1.82) is 0 Å². The number of carbonyl (C=O) groups excluding carboxylic acids is 1. The second-order valence-corrected chi connectivity index (χ2v) is 6.43. The van der Waals surface area contributed by atoms with Gasteiger partial charge in [0.2, 0.25) is 0 Å². The summed E-state index contributed by atoms with van der Waals surface area (Å²) < 4.78 is 11.3. The Balaban J connectivity index is 1.45. The van der Waals surface area contributed by atoms with Gasteiger partial charge in [0.05, 0.1) is 17.7 Å². The average molecular weight is 368 g/mol. The number of thiazole rings is 1. The van der Waals surface area contributed by atoms with E-state index in [0.717, 1.165) is 11.4 Å². The number of nitrogens with one attached hydrogen (secondary N) is 1. The largest absolute Gasteiger partial charge is 0.492 e. The molecule has 0 fully saturated rings. The van der Waals surface area contributed by atoms with Crippen LogP contribution in [0.4, 0.5) is 0 Å². The first-order valence-electron chi connectivity index (χ1n) is 8.28. The molecule has 0 aliphatic carbocycles. The summed E-state index contributed by atoms with van der Waals surface area (Å²) in [6, 6.07) is 14.9. The molecule has 134 valence electrons.